The van der Waals surface area contributed by atoms with Crippen molar-refractivity contribution in [1.29, 1.82) is 0 Å². The molecule has 2 aromatic rings. The van der Waals surface area contributed by atoms with Crippen LogP contribution in [0.25, 0.3) is 0 Å². The van der Waals surface area contributed by atoms with Gasteiger partial charge in [-0.1, -0.05) is 50.3 Å². The first-order valence-electron chi connectivity index (χ1n) is 8.39. The van der Waals surface area contributed by atoms with Crippen molar-refractivity contribution in [1.82, 2.24) is 0 Å². The van der Waals surface area contributed by atoms with Crippen molar-refractivity contribution < 1.29 is 14.3 Å². The Kier molecular flexibility index (Phi) is 6.27. The van der Waals surface area contributed by atoms with Crippen LogP contribution in [-0.2, 0) is 16.1 Å². The number of halogens is 2. The summed E-state index contributed by atoms with van der Waals surface area (Å²) >= 11 is 4.55. The van der Waals surface area contributed by atoms with E-state index in [4.69, 9.17) is 9.47 Å². The average molecular weight is 574 g/mol. The number of benzene rings is 2. The van der Waals surface area contributed by atoms with Gasteiger partial charge in [0, 0.05) is 1.59 Å². The second kappa shape index (κ2) is 8.29. The van der Waals surface area contributed by atoms with Crippen LogP contribution in [-0.4, -0.2) is 5.97 Å². The lowest BCUT2D eigenvalue weighted by Gasteiger charge is -2.09. The van der Waals surface area contributed by atoms with E-state index < -0.39 is 0 Å². The van der Waals surface area contributed by atoms with Gasteiger partial charge in [-0.2, -0.15) is 0 Å². The van der Waals surface area contributed by atoms with Crippen LogP contribution in [0, 0.1) is 17.3 Å². The average Bonchev–Trinajstić information content (AvgIpc) is 3.13. The van der Waals surface area contributed by atoms with Crippen molar-refractivity contribution in [2.24, 2.45) is 17.3 Å². The molecular formula is C21H20I2O3. The highest BCUT2D eigenvalue weighted by Crippen LogP contribution is 2.60. The maximum absolute atomic E-state index is 12.5. The zero-order valence-electron chi connectivity index (χ0n) is 14.6. The molecule has 0 N–H and O–H groups in total. The van der Waals surface area contributed by atoms with E-state index in [1.807, 2.05) is 54.6 Å². The molecule has 1 fully saturated rings. The molecule has 0 amide bonds. The van der Waals surface area contributed by atoms with Gasteiger partial charge in [-0.3, -0.25) is 4.79 Å². The monoisotopic (exact) mass is 574 g/mol. The topological polar surface area (TPSA) is 35.5 Å². The lowest BCUT2D eigenvalue weighted by molar-refractivity contribution is -0.147. The molecule has 0 aliphatic heterocycles. The summed E-state index contributed by atoms with van der Waals surface area (Å²) in [4.78, 5) is 12.5. The molecule has 0 bridgehead atoms. The Hall–Kier alpha value is -1.09. The quantitative estimate of drug-likeness (QED) is 0.292. The van der Waals surface area contributed by atoms with Crippen molar-refractivity contribution in [3.8, 4) is 11.5 Å². The van der Waals surface area contributed by atoms with Gasteiger partial charge in [-0.25, -0.2) is 0 Å². The van der Waals surface area contributed by atoms with Crippen molar-refractivity contribution in [2.45, 2.75) is 20.5 Å². The van der Waals surface area contributed by atoms with Crippen molar-refractivity contribution in [3.63, 3.8) is 0 Å². The maximum Gasteiger partial charge on any atom is 0.310 e. The van der Waals surface area contributed by atoms with Crippen LogP contribution in [0.2, 0.25) is 0 Å². The van der Waals surface area contributed by atoms with Crippen LogP contribution in [0.4, 0.5) is 0 Å². The van der Waals surface area contributed by atoms with Crippen molar-refractivity contribution in [2.75, 3.05) is 0 Å². The number of esters is 1. The second-order valence-electron chi connectivity index (χ2n) is 6.95. The van der Waals surface area contributed by atoms with E-state index in [-0.39, 0.29) is 29.8 Å². The molecule has 0 saturated heterocycles. The zero-order chi connectivity index (χ0) is 18.7. The summed E-state index contributed by atoms with van der Waals surface area (Å²) in [5, 5.41) is 0. The number of hydrogen-bond donors (Lipinski definition) is 0. The number of hydrogen-bond acceptors (Lipinski definition) is 3. The number of carbonyl (C=O) groups excluding carboxylic acids is 1. The third-order valence-electron chi connectivity index (χ3n) is 4.73. The Balaban J connectivity index is 1.59. The summed E-state index contributed by atoms with van der Waals surface area (Å²) in [7, 11) is 0. The van der Waals surface area contributed by atoms with Gasteiger partial charge >= 0.3 is 5.97 Å². The predicted molar refractivity (Wildman–Crippen MR) is 120 cm³/mol. The SMILES string of the molecule is CC1(C)[C@H](C(=O)OCc2cccc(Oc3ccccc3)c2)[C@@H]1C=C(I)I. The van der Waals surface area contributed by atoms with E-state index in [1.165, 1.54) is 1.59 Å². The summed E-state index contributed by atoms with van der Waals surface area (Å²) in [5.74, 6) is 1.58. The largest absolute Gasteiger partial charge is 0.461 e. The molecule has 26 heavy (non-hydrogen) atoms. The van der Waals surface area contributed by atoms with E-state index in [2.05, 4.69) is 65.1 Å². The number of para-hydroxylation sites is 1. The Morgan fingerprint density at radius 3 is 2.46 bits per heavy atom. The molecule has 5 heteroatoms. The van der Waals surface area contributed by atoms with Gasteiger partial charge in [0.15, 0.2) is 0 Å². The summed E-state index contributed by atoms with van der Waals surface area (Å²) in [6.07, 6.45) is 2.15. The number of allylic oxidation sites excluding steroid dienone is 1. The Morgan fingerprint density at radius 2 is 1.77 bits per heavy atom. The minimum atomic E-state index is -0.125. The predicted octanol–water partition coefficient (Wildman–Crippen LogP) is 6.51. The van der Waals surface area contributed by atoms with Crippen LogP contribution < -0.4 is 4.74 Å². The Labute approximate surface area is 181 Å². The molecule has 0 heterocycles. The van der Waals surface area contributed by atoms with Gasteiger partial charge in [0.25, 0.3) is 0 Å². The van der Waals surface area contributed by atoms with E-state index in [0.717, 1.165) is 17.1 Å². The number of carbonyl (C=O) groups is 1. The smallest absolute Gasteiger partial charge is 0.310 e. The minimum Gasteiger partial charge on any atom is -0.461 e. The van der Waals surface area contributed by atoms with Crippen molar-refractivity contribution in [3.05, 3.63) is 67.8 Å². The minimum absolute atomic E-state index is 0.0308. The molecule has 0 unspecified atom stereocenters. The van der Waals surface area contributed by atoms with Crippen LogP contribution in [0.1, 0.15) is 19.4 Å². The normalized spacial score (nSPS) is 20.2. The van der Waals surface area contributed by atoms with Gasteiger partial charge < -0.3 is 9.47 Å². The molecular weight excluding hydrogens is 554 g/mol. The summed E-state index contributed by atoms with van der Waals surface area (Å²) in [6.45, 7) is 4.49. The second-order valence-corrected chi connectivity index (χ2v) is 11.3. The maximum atomic E-state index is 12.5. The first-order valence-corrected chi connectivity index (χ1v) is 10.5. The van der Waals surface area contributed by atoms with Crippen LogP contribution in [0.3, 0.4) is 0 Å². The highest BCUT2D eigenvalue weighted by molar-refractivity contribution is 14.2. The van der Waals surface area contributed by atoms with Gasteiger partial charge in [-0.15, -0.1) is 0 Å². The number of rotatable bonds is 6. The van der Waals surface area contributed by atoms with Crippen molar-refractivity contribution >= 4 is 51.2 Å². The summed E-state index contributed by atoms with van der Waals surface area (Å²) in [5.41, 5.74) is 0.887. The molecule has 1 saturated carbocycles. The highest BCUT2D eigenvalue weighted by Gasteiger charge is 2.61. The first-order chi connectivity index (χ1) is 12.4. The molecule has 0 radical (unpaired) electrons. The lowest BCUT2D eigenvalue weighted by atomic mass is 10.1. The molecule has 2 aromatic carbocycles. The molecule has 0 spiro atoms. The third-order valence-corrected chi connectivity index (χ3v) is 5.45. The molecule has 0 aromatic heterocycles. The molecule has 3 rings (SSSR count). The Bertz CT molecular complexity index is 811. The summed E-state index contributed by atoms with van der Waals surface area (Å²) < 4.78 is 12.6. The fourth-order valence-corrected chi connectivity index (χ4v) is 3.92. The molecule has 136 valence electrons. The first kappa shape index (κ1) is 19.7. The summed E-state index contributed by atoms with van der Waals surface area (Å²) in [6, 6.07) is 17.3. The van der Waals surface area contributed by atoms with Crippen LogP contribution >= 0.6 is 45.2 Å². The van der Waals surface area contributed by atoms with Crippen LogP contribution in [0.5, 0.6) is 11.5 Å². The molecule has 1 aliphatic rings. The van der Waals surface area contributed by atoms with E-state index in [1.54, 1.807) is 0 Å². The fourth-order valence-electron chi connectivity index (χ4n) is 3.14. The fraction of sp³-hybridized carbons (Fsp3) is 0.286. The van der Waals surface area contributed by atoms with Gasteiger partial charge in [-0.05, 0) is 86.3 Å². The van der Waals surface area contributed by atoms with E-state index in [0.29, 0.717) is 0 Å². The van der Waals surface area contributed by atoms with Gasteiger partial charge in [0.1, 0.15) is 18.1 Å². The third kappa shape index (κ3) is 4.79. The van der Waals surface area contributed by atoms with Gasteiger partial charge in [0.2, 0.25) is 0 Å². The Morgan fingerprint density at radius 1 is 1.08 bits per heavy atom. The lowest BCUT2D eigenvalue weighted by Crippen LogP contribution is -2.10. The number of ether oxygens (including phenoxy) is 2. The molecule has 2 atom stereocenters. The zero-order valence-corrected chi connectivity index (χ0v) is 18.9. The standard InChI is InChI=1S/C21H20I2O3/c1-21(2)17(12-18(22)23)19(21)20(24)25-13-14-7-6-10-16(11-14)26-15-8-4-3-5-9-15/h3-12,17,19H,13H2,1-2H3/t17-,19-/m0/s1. The van der Waals surface area contributed by atoms with E-state index in [9.17, 15) is 4.79 Å². The van der Waals surface area contributed by atoms with Crippen LogP contribution in [0.15, 0.2) is 62.3 Å². The molecule has 1 aliphatic carbocycles. The molecule has 3 nitrogen and oxygen atoms in total. The highest BCUT2D eigenvalue weighted by atomic mass is 127. The van der Waals surface area contributed by atoms with E-state index >= 15 is 0 Å². The van der Waals surface area contributed by atoms with Gasteiger partial charge in [0.05, 0.1) is 5.92 Å².